The molecule has 1 atom stereocenters. The Morgan fingerprint density at radius 3 is 1.94 bits per heavy atom. The summed E-state index contributed by atoms with van der Waals surface area (Å²) >= 11 is 5.68. The molecule has 0 aliphatic carbocycles. The average molecular weight is 249 g/mol. The molecule has 0 bridgehead atoms. The molecule has 0 N–H and O–H groups in total. The van der Waals surface area contributed by atoms with Crippen molar-refractivity contribution >= 4 is 11.6 Å². The fourth-order valence-corrected chi connectivity index (χ4v) is 1.74. The molecule has 0 saturated carbocycles. The van der Waals surface area contributed by atoms with Crippen LogP contribution in [0.3, 0.4) is 0 Å². The molecule has 0 spiro atoms. The summed E-state index contributed by atoms with van der Waals surface area (Å²) in [6, 6.07) is 6.26. The summed E-state index contributed by atoms with van der Waals surface area (Å²) < 4.78 is 37.9. The minimum atomic E-state index is -2.26. The highest BCUT2D eigenvalue weighted by Crippen LogP contribution is 2.35. The van der Waals surface area contributed by atoms with E-state index in [1.807, 2.05) is 0 Å². The Labute approximate surface area is 97.7 Å². The van der Waals surface area contributed by atoms with Gasteiger partial charge >= 0.3 is 6.08 Å². The van der Waals surface area contributed by atoms with E-state index in [1.165, 1.54) is 0 Å². The molecule has 1 aromatic carbocycles. The van der Waals surface area contributed by atoms with Gasteiger partial charge in [-0.3, -0.25) is 0 Å². The van der Waals surface area contributed by atoms with Crippen molar-refractivity contribution in [3.8, 4) is 0 Å². The number of rotatable bonds is 3. The van der Waals surface area contributed by atoms with Crippen LogP contribution in [-0.4, -0.2) is 0 Å². The van der Waals surface area contributed by atoms with E-state index in [-0.39, 0.29) is 5.92 Å². The first kappa shape index (κ1) is 13.1. The van der Waals surface area contributed by atoms with Gasteiger partial charge in [-0.15, -0.1) is 0 Å². The van der Waals surface area contributed by atoms with Gasteiger partial charge in [-0.05, 0) is 23.6 Å². The monoisotopic (exact) mass is 248 g/mol. The maximum atomic E-state index is 13.3. The summed E-state index contributed by atoms with van der Waals surface area (Å²) in [6.07, 6.45) is -2.26. The Morgan fingerprint density at radius 2 is 1.56 bits per heavy atom. The van der Waals surface area contributed by atoms with Crippen molar-refractivity contribution in [1.29, 1.82) is 0 Å². The van der Waals surface area contributed by atoms with Crippen LogP contribution in [-0.2, 0) is 0 Å². The summed E-state index contributed by atoms with van der Waals surface area (Å²) in [7, 11) is 0. The van der Waals surface area contributed by atoms with E-state index in [0.717, 1.165) is 0 Å². The van der Waals surface area contributed by atoms with Crippen LogP contribution in [0.1, 0.15) is 25.3 Å². The van der Waals surface area contributed by atoms with E-state index in [1.54, 1.807) is 38.1 Å². The van der Waals surface area contributed by atoms with Crippen LogP contribution in [0, 0.1) is 5.92 Å². The first-order valence-electron chi connectivity index (χ1n) is 4.89. The maximum absolute atomic E-state index is 13.3. The van der Waals surface area contributed by atoms with Crippen molar-refractivity contribution in [3.05, 3.63) is 46.8 Å². The van der Waals surface area contributed by atoms with E-state index in [0.29, 0.717) is 10.6 Å². The molecule has 1 unspecified atom stereocenters. The quantitative estimate of drug-likeness (QED) is 0.693. The van der Waals surface area contributed by atoms with Crippen LogP contribution in [0.2, 0.25) is 5.02 Å². The van der Waals surface area contributed by atoms with Crippen LogP contribution in [0.4, 0.5) is 13.2 Å². The lowest BCUT2D eigenvalue weighted by Crippen LogP contribution is -2.08. The Morgan fingerprint density at radius 1 is 1.06 bits per heavy atom. The Bertz CT molecular complexity index is 378. The second-order valence-corrected chi connectivity index (χ2v) is 4.32. The second-order valence-electron chi connectivity index (χ2n) is 3.88. The predicted octanol–water partition coefficient (Wildman–Crippen LogP) is 5.16. The SMILES string of the molecule is CC(C)C(C(F)=C(F)F)c1ccc(Cl)cc1. The molecule has 1 aromatic rings. The van der Waals surface area contributed by atoms with Crippen molar-refractivity contribution in [2.75, 3.05) is 0 Å². The predicted molar refractivity (Wildman–Crippen MR) is 59.4 cm³/mol. The van der Waals surface area contributed by atoms with E-state index < -0.39 is 17.8 Å². The zero-order chi connectivity index (χ0) is 12.3. The van der Waals surface area contributed by atoms with Crippen molar-refractivity contribution in [2.24, 2.45) is 5.92 Å². The molecule has 0 aliphatic rings. The molecule has 0 heterocycles. The third kappa shape index (κ3) is 3.01. The highest BCUT2D eigenvalue weighted by atomic mass is 35.5. The van der Waals surface area contributed by atoms with Crippen molar-refractivity contribution < 1.29 is 13.2 Å². The topological polar surface area (TPSA) is 0 Å². The lowest BCUT2D eigenvalue weighted by atomic mass is 9.87. The molecular formula is C12H12ClF3. The van der Waals surface area contributed by atoms with Gasteiger partial charge < -0.3 is 0 Å². The molecular weight excluding hydrogens is 237 g/mol. The molecule has 0 aliphatic heterocycles. The van der Waals surface area contributed by atoms with Crippen LogP contribution < -0.4 is 0 Å². The minimum absolute atomic E-state index is 0.248. The molecule has 88 valence electrons. The fraction of sp³-hybridized carbons (Fsp3) is 0.333. The van der Waals surface area contributed by atoms with Gasteiger partial charge in [0.1, 0.15) is 0 Å². The van der Waals surface area contributed by atoms with Gasteiger partial charge in [0.15, 0.2) is 5.83 Å². The molecule has 0 aromatic heterocycles. The van der Waals surface area contributed by atoms with E-state index in [2.05, 4.69) is 0 Å². The zero-order valence-electron chi connectivity index (χ0n) is 8.98. The molecule has 0 fully saturated rings. The standard InChI is InChI=1S/C12H12ClF3/c1-7(2)10(11(14)12(15)16)8-3-5-9(13)6-4-8/h3-7,10H,1-2H3. The number of hydrogen-bond acceptors (Lipinski definition) is 0. The smallest absolute Gasteiger partial charge is 0.205 e. The highest BCUT2D eigenvalue weighted by molar-refractivity contribution is 6.30. The maximum Gasteiger partial charge on any atom is 0.302 e. The van der Waals surface area contributed by atoms with E-state index in [4.69, 9.17) is 11.6 Å². The average Bonchev–Trinajstić information content (AvgIpc) is 2.20. The highest BCUT2D eigenvalue weighted by Gasteiger charge is 2.24. The normalized spacial score (nSPS) is 12.7. The van der Waals surface area contributed by atoms with Crippen molar-refractivity contribution in [2.45, 2.75) is 19.8 Å². The van der Waals surface area contributed by atoms with Gasteiger partial charge in [0, 0.05) is 10.9 Å². The molecule has 1 rings (SSSR count). The van der Waals surface area contributed by atoms with Gasteiger partial charge in [0.2, 0.25) is 0 Å². The largest absolute Gasteiger partial charge is 0.302 e. The molecule has 0 radical (unpaired) electrons. The summed E-state index contributed by atoms with van der Waals surface area (Å²) in [5, 5.41) is 0.497. The van der Waals surface area contributed by atoms with Crippen LogP contribution in [0.25, 0.3) is 0 Å². The third-order valence-corrected chi connectivity index (χ3v) is 2.60. The van der Waals surface area contributed by atoms with E-state index in [9.17, 15) is 13.2 Å². The molecule has 4 heteroatoms. The van der Waals surface area contributed by atoms with Gasteiger partial charge in [-0.25, -0.2) is 4.39 Å². The lowest BCUT2D eigenvalue weighted by molar-refractivity contribution is 0.341. The lowest BCUT2D eigenvalue weighted by Gasteiger charge is -2.19. The molecule has 0 amide bonds. The fourth-order valence-electron chi connectivity index (χ4n) is 1.61. The molecule has 16 heavy (non-hydrogen) atoms. The number of allylic oxidation sites excluding steroid dienone is 1. The minimum Gasteiger partial charge on any atom is -0.205 e. The van der Waals surface area contributed by atoms with Crippen LogP contribution in [0.15, 0.2) is 36.2 Å². The number of benzene rings is 1. The van der Waals surface area contributed by atoms with Crippen molar-refractivity contribution in [3.63, 3.8) is 0 Å². The van der Waals surface area contributed by atoms with Gasteiger partial charge in [-0.2, -0.15) is 8.78 Å². The summed E-state index contributed by atoms with van der Waals surface area (Å²) in [5.74, 6) is -2.53. The molecule has 0 saturated heterocycles. The van der Waals surface area contributed by atoms with Crippen molar-refractivity contribution in [1.82, 2.24) is 0 Å². The number of hydrogen-bond donors (Lipinski definition) is 0. The van der Waals surface area contributed by atoms with Gasteiger partial charge in [0.25, 0.3) is 0 Å². The first-order valence-corrected chi connectivity index (χ1v) is 5.27. The summed E-state index contributed by atoms with van der Waals surface area (Å²) in [5.41, 5.74) is 0.504. The van der Waals surface area contributed by atoms with E-state index >= 15 is 0 Å². The Kier molecular flexibility index (Phi) is 4.42. The third-order valence-electron chi connectivity index (χ3n) is 2.35. The second kappa shape index (κ2) is 5.39. The first-order chi connectivity index (χ1) is 7.43. The van der Waals surface area contributed by atoms with Gasteiger partial charge in [-0.1, -0.05) is 37.6 Å². The zero-order valence-corrected chi connectivity index (χ0v) is 9.73. The van der Waals surface area contributed by atoms with Gasteiger partial charge in [0.05, 0.1) is 0 Å². The Balaban J connectivity index is 3.13. The van der Waals surface area contributed by atoms with Crippen LogP contribution >= 0.6 is 11.6 Å². The number of halogens is 4. The summed E-state index contributed by atoms with van der Waals surface area (Å²) in [6.45, 7) is 3.39. The Hall–Kier alpha value is -0.960. The summed E-state index contributed by atoms with van der Waals surface area (Å²) in [4.78, 5) is 0. The van der Waals surface area contributed by atoms with Crippen LogP contribution in [0.5, 0.6) is 0 Å². The molecule has 0 nitrogen and oxygen atoms in total.